The predicted octanol–water partition coefficient (Wildman–Crippen LogP) is 7.12. The lowest BCUT2D eigenvalue weighted by Gasteiger charge is -2.22. The molecule has 0 radical (unpaired) electrons. The molecule has 0 spiro atoms. The average Bonchev–Trinajstić information content (AvgIpc) is 3.03. The highest BCUT2D eigenvalue weighted by atomic mass is 16.6. The van der Waals surface area contributed by atoms with Crippen LogP contribution in [0.4, 0.5) is 0 Å². The third-order valence-corrected chi connectivity index (χ3v) is 7.87. The number of nitrogens with one attached hydrogen (secondary N) is 1. The van der Waals surface area contributed by atoms with E-state index in [0.29, 0.717) is 85.4 Å². The zero-order chi connectivity index (χ0) is 30.6. The van der Waals surface area contributed by atoms with Crippen molar-refractivity contribution in [1.82, 2.24) is 5.32 Å². The summed E-state index contributed by atoms with van der Waals surface area (Å²) < 4.78 is 39.2. The van der Waals surface area contributed by atoms with Crippen molar-refractivity contribution < 1.29 is 33.2 Å². The first kappa shape index (κ1) is 40.7. The Morgan fingerprint density at radius 3 is 1.05 bits per heavy atom. The van der Waals surface area contributed by atoms with Crippen LogP contribution < -0.4 is 5.32 Å². The molecule has 0 aromatic carbocycles. The van der Waals surface area contributed by atoms with E-state index < -0.39 is 0 Å². The first-order valence-corrected chi connectivity index (χ1v) is 18.2. The van der Waals surface area contributed by atoms with Gasteiger partial charge in [-0.1, -0.05) is 103 Å². The molecule has 1 rings (SSSR count). The van der Waals surface area contributed by atoms with Crippen molar-refractivity contribution in [1.29, 1.82) is 0 Å². The lowest BCUT2D eigenvalue weighted by molar-refractivity contribution is -0.0306. The third kappa shape index (κ3) is 32.9. The van der Waals surface area contributed by atoms with E-state index in [-0.39, 0.29) is 0 Å². The maximum atomic E-state index is 5.80. The SMILES string of the molecule is CCCCCCCCCCCCCCCCCCOCCOCCOCCOCCOCCOCCOC1CCNCC1. The van der Waals surface area contributed by atoms with Crippen LogP contribution in [-0.4, -0.2) is 105 Å². The molecule has 0 aromatic rings. The van der Waals surface area contributed by atoms with Crippen LogP contribution in [0, 0.1) is 0 Å². The summed E-state index contributed by atoms with van der Waals surface area (Å²) in [5.74, 6) is 0. The van der Waals surface area contributed by atoms with Crippen LogP contribution >= 0.6 is 0 Å². The summed E-state index contributed by atoms with van der Waals surface area (Å²) in [6.07, 6.45) is 24.9. The first-order valence-electron chi connectivity index (χ1n) is 18.2. The molecule has 8 nitrogen and oxygen atoms in total. The van der Waals surface area contributed by atoms with Crippen molar-refractivity contribution in [3.63, 3.8) is 0 Å². The Morgan fingerprint density at radius 2 is 0.674 bits per heavy atom. The number of ether oxygens (including phenoxy) is 7. The number of rotatable bonds is 36. The van der Waals surface area contributed by atoms with Gasteiger partial charge in [-0.25, -0.2) is 0 Å². The van der Waals surface area contributed by atoms with Gasteiger partial charge >= 0.3 is 0 Å². The van der Waals surface area contributed by atoms with E-state index in [2.05, 4.69) is 12.2 Å². The Morgan fingerprint density at radius 1 is 0.372 bits per heavy atom. The molecule has 8 heteroatoms. The van der Waals surface area contributed by atoms with Crippen molar-refractivity contribution in [3.8, 4) is 0 Å². The van der Waals surface area contributed by atoms with Gasteiger partial charge in [-0.2, -0.15) is 0 Å². The van der Waals surface area contributed by atoms with Crippen LogP contribution in [0.3, 0.4) is 0 Å². The Labute approximate surface area is 265 Å². The van der Waals surface area contributed by atoms with Crippen molar-refractivity contribution in [2.45, 2.75) is 129 Å². The van der Waals surface area contributed by atoms with Crippen molar-refractivity contribution in [2.24, 2.45) is 0 Å². The van der Waals surface area contributed by atoms with E-state index in [0.717, 1.165) is 39.0 Å². The van der Waals surface area contributed by atoms with Gasteiger partial charge in [0.15, 0.2) is 0 Å². The Kier molecular flexibility index (Phi) is 34.2. The molecule has 0 atom stereocenters. The van der Waals surface area contributed by atoms with Crippen molar-refractivity contribution >= 4 is 0 Å². The lowest BCUT2D eigenvalue weighted by Crippen LogP contribution is -2.33. The molecule has 0 unspecified atom stereocenters. The summed E-state index contributed by atoms with van der Waals surface area (Å²) in [5, 5.41) is 3.34. The molecule has 258 valence electrons. The van der Waals surface area contributed by atoms with Gasteiger partial charge in [-0.3, -0.25) is 0 Å². The molecule has 1 aliphatic rings. The van der Waals surface area contributed by atoms with Gasteiger partial charge in [-0.15, -0.1) is 0 Å². The Balaban J connectivity index is 1.60. The molecule has 43 heavy (non-hydrogen) atoms. The van der Waals surface area contributed by atoms with Crippen LogP contribution in [0.1, 0.15) is 122 Å². The maximum absolute atomic E-state index is 5.80. The summed E-state index contributed by atoms with van der Waals surface area (Å²) in [5.41, 5.74) is 0. The number of hydrogen-bond acceptors (Lipinski definition) is 8. The smallest absolute Gasteiger partial charge is 0.0704 e. The molecule has 1 saturated heterocycles. The highest BCUT2D eigenvalue weighted by molar-refractivity contribution is 4.67. The Bertz CT molecular complexity index is 509. The number of piperidine rings is 1. The molecular weight excluding hydrogens is 546 g/mol. The molecule has 1 fully saturated rings. The molecule has 0 amide bonds. The highest BCUT2D eigenvalue weighted by Gasteiger charge is 2.12. The fraction of sp³-hybridized carbons (Fsp3) is 1.00. The predicted molar refractivity (Wildman–Crippen MR) is 176 cm³/mol. The molecule has 0 aromatic heterocycles. The lowest BCUT2D eigenvalue weighted by atomic mass is 10.0. The monoisotopic (exact) mass is 618 g/mol. The van der Waals surface area contributed by atoms with Gasteiger partial charge in [0.1, 0.15) is 0 Å². The van der Waals surface area contributed by atoms with Gasteiger partial charge in [0.2, 0.25) is 0 Å². The van der Waals surface area contributed by atoms with E-state index >= 15 is 0 Å². The van der Waals surface area contributed by atoms with E-state index in [4.69, 9.17) is 33.2 Å². The summed E-state index contributed by atoms with van der Waals surface area (Å²) in [4.78, 5) is 0. The van der Waals surface area contributed by atoms with Gasteiger partial charge in [-0.05, 0) is 32.4 Å². The second-order valence-electron chi connectivity index (χ2n) is 11.8. The van der Waals surface area contributed by atoms with Gasteiger partial charge < -0.3 is 38.5 Å². The standard InChI is InChI=1S/C35H71NO7/c1-2-3-4-5-6-7-8-9-10-11-12-13-14-15-16-17-22-37-23-24-38-25-26-39-27-28-40-29-30-41-31-32-42-33-34-43-35-18-20-36-21-19-35/h35-36H,2-34H2,1H3. The first-order chi connectivity index (χ1) is 21.4. The third-order valence-electron chi connectivity index (χ3n) is 7.87. The largest absolute Gasteiger partial charge is 0.379 e. The molecule has 1 heterocycles. The van der Waals surface area contributed by atoms with E-state index in [1.54, 1.807) is 0 Å². The molecule has 0 aliphatic carbocycles. The minimum absolute atomic E-state index is 0.387. The molecular formula is C35H71NO7. The van der Waals surface area contributed by atoms with Crippen molar-refractivity contribution in [2.75, 3.05) is 99.0 Å². The van der Waals surface area contributed by atoms with E-state index in [1.807, 2.05) is 0 Å². The Hall–Kier alpha value is -0.320. The zero-order valence-electron chi connectivity index (χ0n) is 28.3. The average molecular weight is 618 g/mol. The quantitative estimate of drug-likeness (QED) is 0.0745. The summed E-state index contributed by atoms with van der Waals surface area (Å²) in [6.45, 7) is 12.4. The molecule has 0 saturated carbocycles. The van der Waals surface area contributed by atoms with Crippen LogP contribution in [0.2, 0.25) is 0 Å². The van der Waals surface area contributed by atoms with Gasteiger partial charge in [0, 0.05) is 6.61 Å². The minimum atomic E-state index is 0.387. The summed E-state index contributed by atoms with van der Waals surface area (Å²) in [6, 6.07) is 0. The van der Waals surface area contributed by atoms with Crippen LogP contribution in [0.5, 0.6) is 0 Å². The molecule has 1 aliphatic heterocycles. The fourth-order valence-corrected chi connectivity index (χ4v) is 5.19. The second-order valence-corrected chi connectivity index (χ2v) is 11.8. The number of unbranched alkanes of at least 4 members (excludes halogenated alkanes) is 15. The topological polar surface area (TPSA) is 76.6 Å². The second kappa shape index (κ2) is 36.2. The zero-order valence-corrected chi connectivity index (χ0v) is 28.3. The van der Waals surface area contributed by atoms with Crippen LogP contribution in [0.25, 0.3) is 0 Å². The molecule has 1 N–H and O–H groups in total. The van der Waals surface area contributed by atoms with Crippen LogP contribution in [-0.2, 0) is 33.2 Å². The molecule has 0 bridgehead atoms. The van der Waals surface area contributed by atoms with Crippen molar-refractivity contribution in [3.05, 3.63) is 0 Å². The normalized spacial score (nSPS) is 14.2. The van der Waals surface area contributed by atoms with Crippen LogP contribution in [0.15, 0.2) is 0 Å². The summed E-state index contributed by atoms with van der Waals surface area (Å²) >= 11 is 0. The van der Waals surface area contributed by atoms with E-state index in [9.17, 15) is 0 Å². The number of hydrogen-bond donors (Lipinski definition) is 1. The van der Waals surface area contributed by atoms with Gasteiger partial charge in [0.05, 0.1) is 85.4 Å². The van der Waals surface area contributed by atoms with Gasteiger partial charge in [0.25, 0.3) is 0 Å². The maximum Gasteiger partial charge on any atom is 0.0704 e. The van der Waals surface area contributed by atoms with E-state index in [1.165, 1.54) is 96.3 Å². The minimum Gasteiger partial charge on any atom is -0.379 e. The highest BCUT2D eigenvalue weighted by Crippen LogP contribution is 2.13. The summed E-state index contributed by atoms with van der Waals surface area (Å²) in [7, 11) is 0. The fourth-order valence-electron chi connectivity index (χ4n) is 5.19.